The van der Waals surface area contributed by atoms with E-state index in [1.165, 1.54) is 37.1 Å². The number of nitrogens with zero attached hydrogens (tertiary/aromatic N) is 4. The quantitative estimate of drug-likeness (QED) is 0.828. The molecule has 4 aliphatic rings. The van der Waals surface area contributed by atoms with Crippen LogP contribution in [-0.4, -0.2) is 68.1 Å². The molecule has 0 unspecified atom stereocenters. The third-order valence-corrected chi connectivity index (χ3v) is 7.14. The smallest absolute Gasteiger partial charge is 0.115 e. The van der Waals surface area contributed by atoms with E-state index in [-0.39, 0.29) is 6.61 Å². The van der Waals surface area contributed by atoms with Crippen LogP contribution in [0.1, 0.15) is 35.6 Å². The third-order valence-electron chi connectivity index (χ3n) is 7.14. The van der Waals surface area contributed by atoms with Crippen LogP contribution >= 0.6 is 0 Å². The fourth-order valence-electron chi connectivity index (χ4n) is 5.92. The Balaban J connectivity index is 1.45. The van der Waals surface area contributed by atoms with Gasteiger partial charge in [0.1, 0.15) is 5.75 Å². The van der Waals surface area contributed by atoms with E-state index in [0.717, 1.165) is 24.7 Å². The molecule has 5 heterocycles. The van der Waals surface area contributed by atoms with Gasteiger partial charge in [-0.1, -0.05) is 12.1 Å². The summed E-state index contributed by atoms with van der Waals surface area (Å²) in [6, 6.07) is 9.00. The van der Waals surface area contributed by atoms with E-state index in [4.69, 9.17) is 0 Å². The first kappa shape index (κ1) is 18.2. The Kier molecular flexibility index (Phi) is 4.65. The number of piperidine rings is 3. The van der Waals surface area contributed by atoms with Crippen molar-refractivity contribution in [3.8, 4) is 5.75 Å². The Morgan fingerprint density at radius 3 is 2.75 bits per heavy atom. The molecule has 0 aliphatic carbocycles. The zero-order valence-corrected chi connectivity index (χ0v) is 16.5. The van der Waals surface area contributed by atoms with E-state index < -0.39 is 0 Å². The lowest BCUT2D eigenvalue weighted by Gasteiger charge is -2.51. The summed E-state index contributed by atoms with van der Waals surface area (Å²) in [6.45, 7) is 7.10. The van der Waals surface area contributed by atoms with E-state index in [2.05, 4.69) is 34.1 Å². The molecular weight excluding hydrogens is 352 g/mol. The van der Waals surface area contributed by atoms with Gasteiger partial charge >= 0.3 is 0 Å². The number of aromatic nitrogens is 2. The second-order valence-corrected chi connectivity index (χ2v) is 8.71. The van der Waals surface area contributed by atoms with Gasteiger partial charge in [-0.05, 0) is 56.5 Å². The van der Waals surface area contributed by atoms with Crippen LogP contribution in [0, 0.1) is 12.8 Å². The number of rotatable bonds is 5. The average molecular weight is 383 g/mol. The van der Waals surface area contributed by atoms with Crippen LogP contribution in [0.5, 0.6) is 5.75 Å². The van der Waals surface area contributed by atoms with Gasteiger partial charge in [-0.2, -0.15) is 5.10 Å². The summed E-state index contributed by atoms with van der Waals surface area (Å²) in [7, 11) is 0. The number of aryl methyl sites for hydroxylation is 1. The molecule has 0 radical (unpaired) electrons. The number of hydrogen-bond acceptors (Lipinski definition) is 5. The number of benzene rings is 1. The average Bonchev–Trinajstić information content (AvgIpc) is 3.26. The molecule has 2 aromatic rings. The molecule has 2 N–H and O–H groups in total. The SMILES string of the molecule is Cc1nn(CCO)cc1CN1C[C@@H](c2cccc(O)c2)[C@@H]2[C@H]1C1CCN2CC1. The van der Waals surface area contributed by atoms with Gasteiger partial charge in [-0.3, -0.25) is 14.5 Å². The second-order valence-electron chi connectivity index (χ2n) is 8.71. The Hall–Kier alpha value is -1.89. The first-order valence-electron chi connectivity index (χ1n) is 10.5. The van der Waals surface area contributed by atoms with Crippen molar-refractivity contribution in [2.45, 2.75) is 50.9 Å². The lowest BCUT2D eigenvalue weighted by Crippen LogP contribution is -2.59. The van der Waals surface area contributed by atoms with Gasteiger partial charge in [0, 0.05) is 42.9 Å². The molecule has 0 spiro atoms. The standard InChI is InChI=1S/C22H30N4O2/c1-15-18(13-26(23-15)9-10-27)12-25-14-20(17-3-2-4-19(28)11-17)22-21(25)16-5-7-24(22)8-6-16/h2-4,11,13,16,20-22,27-28H,5-10,12,14H2,1H3/t20-,21+,22+/m0/s1. The summed E-state index contributed by atoms with van der Waals surface area (Å²) in [5.41, 5.74) is 3.59. The van der Waals surface area contributed by atoms with Gasteiger partial charge < -0.3 is 10.2 Å². The molecule has 1 aromatic heterocycles. The predicted octanol–water partition coefficient (Wildman–Crippen LogP) is 1.95. The number of phenolic OH excluding ortho intramolecular Hbond substituents is 1. The molecule has 2 bridgehead atoms. The first-order chi connectivity index (χ1) is 13.6. The fourth-order valence-corrected chi connectivity index (χ4v) is 5.92. The molecule has 28 heavy (non-hydrogen) atoms. The summed E-state index contributed by atoms with van der Waals surface area (Å²) >= 11 is 0. The molecule has 4 aliphatic heterocycles. The van der Waals surface area contributed by atoms with Gasteiger partial charge in [0.25, 0.3) is 0 Å². The van der Waals surface area contributed by atoms with Crippen molar-refractivity contribution in [1.29, 1.82) is 0 Å². The minimum absolute atomic E-state index is 0.117. The van der Waals surface area contributed by atoms with Crippen LogP contribution in [-0.2, 0) is 13.1 Å². The minimum atomic E-state index is 0.117. The summed E-state index contributed by atoms with van der Waals surface area (Å²) in [5.74, 6) is 1.57. The molecular formula is C22H30N4O2. The van der Waals surface area contributed by atoms with Gasteiger partial charge in [-0.25, -0.2) is 0 Å². The van der Waals surface area contributed by atoms with Crippen molar-refractivity contribution in [3.63, 3.8) is 0 Å². The largest absolute Gasteiger partial charge is 0.508 e. The van der Waals surface area contributed by atoms with Crippen molar-refractivity contribution in [2.75, 3.05) is 26.2 Å². The lowest BCUT2D eigenvalue weighted by molar-refractivity contribution is -0.00874. The van der Waals surface area contributed by atoms with Crippen LogP contribution in [0.25, 0.3) is 0 Å². The summed E-state index contributed by atoms with van der Waals surface area (Å²) in [5, 5.41) is 23.8. The van der Waals surface area contributed by atoms with Crippen molar-refractivity contribution in [3.05, 3.63) is 47.3 Å². The Labute approximate surface area is 166 Å². The van der Waals surface area contributed by atoms with Crippen molar-refractivity contribution in [2.24, 2.45) is 5.92 Å². The molecule has 6 heteroatoms. The molecule has 0 saturated carbocycles. The zero-order valence-electron chi connectivity index (χ0n) is 16.5. The monoisotopic (exact) mass is 382 g/mol. The number of aliphatic hydroxyl groups is 1. The summed E-state index contributed by atoms with van der Waals surface area (Å²) in [4.78, 5) is 5.37. The maximum absolute atomic E-state index is 10.0. The van der Waals surface area contributed by atoms with Crippen LogP contribution in [0.3, 0.4) is 0 Å². The van der Waals surface area contributed by atoms with E-state index >= 15 is 0 Å². The minimum Gasteiger partial charge on any atom is -0.508 e. The highest BCUT2D eigenvalue weighted by molar-refractivity contribution is 5.33. The summed E-state index contributed by atoms with van der Waals surface area (Å²) < 4.78 is 1.86. The number of likely N-dealkylation sites (tertiary alicyclic amines) is 1. The Bertz CT molecular complexity index is 843. The highest BCUT2D eigenvalue weighted by Gasteiger charge is 2.53. The Morgan fingerprint density at radius 2 is 2.00 bits per heavy atom. The van der Waals surface area contributed by atoms with Gasteiger partial charge in [0.15, 0.2) is 0 Å². The van der Waals surface area contributed by atoms with E-state index in [1.807, 2.05) is 16.8 Å². The topological polar surface area (TPSA) is 64.8 Å². The zero-order chi connectivity index (χ0) is 19.3. The normalized spacial score (nSPS) is 32.0. The van der Waals surface area contributed by atoms with Gasteiger partial charge in [0.2, 0.25) is 0 Å². The molecule has 6 nitrogen and oxygen atoms in total. The van der Waals surface area contributed by atoms with E-state index in [0.29, 0.717) is 30.3 Å². The van der Waals surface area contributed by atoms with Crippen molar-refractivity contribution in [1.82, 2.24) is 19.6 Å². The Morgan fingerprint density at radius 1 is 1.18 bits per heavy atom. The van der Waals surface area contributed by atoms with E-state index in [9.17, 15) is 10.2 Å². The summed E-state index contributed by atoms with van der Waals surface area (Å²) in [6.07, 6.45) is 4.70. The molecule has 6 rings (SSSR count). The molecule has 1 aromatic carbocycles. The van der Waals surface area contributed by atoms with Crippen LogP contribution < -0.4 is 0 Å². The molecule has 4 saturated heterocycles. The van der Waals surface area contributed by atoms with Crippen LogP contribution in [0.4, 0.5) is 0 Å². The maximum atomic E-state index is 10.0. The van der Waals surface area contributed by atoms with Crippen LogP contribution in [0.2, 0.25) is 0 Å². The second kappa shape index (κ2) is 7.17. The maximum Gasteiger partial charge on any atom is 0.115 e. The molecule has 3 atom stereocenters. The fraction of sp³-hybridized carbons (Fsp3) is 0.591. The third kappa shape index (κ3) is 3.04. The number of aromatic hydroxyl groups is 1. The van der Waals surface area contributed by atoms with E-state index in [1.54, 1.807) is 6.07 Å². The van der Waals surface area contributed by atoms with Crippen molar-refractivity contribution >= 4 is 0 Å². The molecule has 4 fully saturated rings. The molecule has 150 valence electrons. The number of phenols is 1. The molecule has 0 amide bonds. The predicted molar refractivity (Wildman–Crippen MR) is 107 cm³/mol. The van der Waals surface area contributed by atoms with Crippen molar-refractivity contribution < 1.29 is 10.2 Å². The highest BCUT2D eigenvalue weighted by atomic mass is 16.3. The number of fused-ring (bicyclic) bond motifs is 2. The first-order valence-corrected chi connectivity index (χ1v) is 10.5. The number of aliphatic hydroxyl groups excluding tert-OH is 1. The number of hydrogen-bond donors (Lipinski definition) is 2. The van der Waals surface area contributed by atoms with Crippen LogP contribution in [0.15, 0.2) is 30.5 Å². The van der Waals surface area contributed by atoms with Gasteiger partial charge in [-0.15, -0.1) is 0 Å². The lowest BCUT2D eigenvalue weighted by atomic mass is 9.75. The highest BCUT2D eigenvalue weighted by Crippen LogP contribution is 2.47. The van der Waals surface area contributed by atoms with Gasteiger partial charge in [0.05, 0.1) is 18.8 Å².